The Labute approximate surface area is 178 Å². The summed E-state index contributed by atoms with van der Waals surface area (Å²) in [5, 5.41) is 3.12. The van der Waals surface area contributed by atoms with Gasteiger partial charge in [0.05, 0.1) is 13.2 Å². The van der Waals surface area contributed by atoms with E-state index < -0.39 is 0 Å². The Bertz CT molecular complexity index is 728. The molecule has 0 unspecified atom stereocenters. The van der Waals surface area contributed by atoms with Crippen molar-refractivity contribution in [2.24, 2.45) is 11.7 Å². The van der Waals surface area contributed by atoms with Crippen molar-refractivity contribution in [1.82, 2.24) is 15.1 Å². The quantitative estimate of drug-likeness (QED) is 0.671. The molecule has 164 valence electrons. The van der Waals surface area contributed by atoms with E-state index in [-0.39, 0.29) is 17.9 Å². The lowest BCUT2D eigenvalue weighted by atomic mass is 10.1. The number of nitrogens with zero attached hydrogens (tertiary/aromatic N) is 2. The number of ether oxygens (including phenoxy) is 1. The second-order valence-electron chi connectivity index (χ2n) is 8.83. The van der Waals surface area contributed by atoms with Gasteiger partial charge in [-0.1, -0.05) is 12.1 Å². The summed E-state index contributed by atoms with van der Waals surface area (Å²) in [5.41, 5.74) is 7.32. The Morgan fingerprint density at radius 2 is 1.73 bits per heavy atom. The highest BCUT2D eigenvalue weighted by Gasteiger charge is 2.38. The molecule has 1 aromatic rings. The number of carbonyl (C=O) groups excluding carboxylic acids is 2. The van der Waals surface area contributed by atoms with E-state index in [1.54, 1.807) is 0 Å². The normalized spacial score (nSPS) is 24.8. The molecule has 1 aromatic carbocycles. The first-order valence-electron chi connectivity index (χ1n) is 11.3. The predicted molar refractivity (Wildman–Crippen MR) is 115 cm³/mol. The molecule has 7 heteroatoms. The number of nitrogens with one attached hydrogen (secondary N) is 1. The standard InChI is InChI=1S/C23H34N4O3/c24-14-17-3-5-19(6-4-17)23(29)25-15-21-8-7-20(27(21)16-18-1-2-18)13-22(28)26-9-11-30-12-10-26/h3-6,18,20-21H,1-2,7-16,24H2,(H,25,29)/t20-,21+/m1/s1. The van der Waals surface area contributed by atoms with Crippen LogP contribution in [0.25, 0.3) is 0 Å². The van der Waals surface area contributed by atoms with Crippen LogP contribution in [-0.2, 0) is 16.1 Å². The van der Waals surface area contributed by atoms with E-state index in [1.807, 2.05) is 29.2 Å². The molecule has 0 spiro atoms. The van der Waals surface area contributed by atoms with E-state index in [4.69, 9.17) is 10.5 Å². The van der Waals surface area contributed by atoms with Crippen LogP contribution in [-0.4, -0.2) is 73.1 Å². The first-order chi connectivity index (χ1) is 14.6. The maximum absolute atomic E-state index is 12.8. The zero-order chi connectivity index (χ0) is 20.9. The van der Waals surface area contributed by atoms with Crippen LogP contribution in [0.3, 0.4) is 0 Å². The number of carbonyl (C=O) groups is 2. The van der Waals surface area contributed by atoms with Gasteiger partial charge < -0.3 is 20.7 Å². The highest BCUT2D eigenvalue weighted by Crippen LogP contribution is 2.35. The van der Waals surface area contributed by atoms with Crippen LogP contribution < -0.4 is 11.1 Å². The number of hydrogen-bond donors (Lipinski definition) is 2. The fraction of sp³-hybridized carbons (Fsp3) is 0.652. The van der Waals surface area contributed by atoms with Gasteiger partial charge in [0.15, 0.2) is 0 Å². The number of likely N-dealkylation sites (tertiary alicyclic amines) is 1. The summed E-state index contributed by atoms with van der Waals surface area (Å²) in [7, 11) is 0. The molecule has 30 heavy (non-hydrogen) atoms. The molecule has 4 rings (SSSR count). The van der Waals surface area contributed by atoms with Crippen molar-refractivity contribution in [3.8, 4) is 0 Å². The van der Waals surface area contributed by atoms with Gasteiger partial charge in [-0.25, -0.2) is 0 Å². The van der Waals surface area contributed by atoms with Gasteiger partial charge >= 0.3 is 0 Å². The number of benzene rings is 1. The second-order valence-corrected chi connectivity index (χ2v) is 8.83. The van der Waals surface area contributed by atoms with Gasteiger partial charge in [0.2, 0.25) is 5.91 Å². The van der Waals surface area contributed by atoms with E-state index in [0.717, 1.165) is 30.9 Å². The molecule has 2 aliphatic heterocycles. The minimum absolute atomic E-state index is 0.0437. The van der Waals surface area contributed by atoms with Gasteiger partial charge in [0.1, 0.15) is 0 Å². The highest BCUT2D eigenvalue weighted by molar-refractivity contribution is 5.94. The topological polar surface area (TPSA) is 87.9 Å². The van der Waals surface area contributed by atoms with E-state index in [0.29, 0.717) is 57.4 Å². The van der Waals surface area contributed by atoms with Gasteiger partial charge in [0, 0.05) is 56.8 Å². The molecule has 3 N–H and O–H groups in total. The second kappa shape index (κ2) is 9.90. The smallest absolute Gasteiger partial charge is 0.251 e. The average molecular weight is 415 g/mol. The summed E-state index contributed by atoms with van der Waals surface area (Å²) in [4.78, 5) is 29.8. The molecule has 0 radical (unpaired) electrons. The van der Waals surface area contributed by atoms with Gasteiger partial charge in [-0.15, -0.1) is 0 Å². The van der Waals surface area contributed by atoms with Gasteiger partial charge in [-0.2, -0.15) is 0 Å². The number of nitrogens with two attached hydrogens (primary N) is 1. The maximum atomic E-state index is 12.8. The Morgan fingerprint density at radius 1 is 1.03 bits per heavy atom. The van der Waals surface area contributed by atoms with Crippen molar-refractivity contribution in [2.75, 3.05) is 39.4 Å². The van der Waals surface area contributed by atoms with E-state index in [1.165, 1.54) is 12.8 Å². The first-order valence-corrected chi connectivity index (χ1v) is 11.3. The largest absolute Gasteiger partial charge is 0.378 e. The van der Waals surface area contributed by atoms with Crippen molar-refractivity contribution in [3.05, 3.63) is 35.4 Å². The highest BCUT2D eigenvalue weighted by atomic mass is 16.5. The zero-order valence-electron chi connectivity index (χ0n) is 17.7. The molecule has 7 nitrogen and oxygen atoms in total. The Kier molecular flexibility index (Phi) is 7.02. The minimum Gasteiger partial charge on any atom is -0.378 e. The Balaban J connectivity index is 1.32. The average Bonchev–Trinajstić information content (AvgIpc) is 3.54. The summed E-state index contributed by atoms with van der Waals surface area (Å²) in [6.07, 6.45) is 5.20. The summed E-state index contributed by atoms with van der Waals surface area (Å²) < 4.78 is 5.37. The fourth-order valence-corrected chi connectivity index (χ4v) is 4.60. The summed E-state index contributed by atoms with van der Waals surface area (Å²) in [5.74, 6) is 0.956. The van der Waals surface area contributed by atoms with Crippen molar-refractivity contribution in [3.63, 3.8) is 0 Å². The van der Waals surface area contributed by atoms with Crippen molar-refractivity contribution in [1.29, 1.82) is 0 Å². The zero-order valence-corrected chi connectivity index (χ0v) is 17.7. The molecule has 2 atom stereocenters. The molecule has 3 fully saturated rings. The summed E-state index contributed by atoms with van der Waals surface area (Å²) in [6.45, 7) is 4.85. The van der Waals surface area contributed by atoms with Crippen LogP contribution in [0.15, 0.2) is 24.3 Å². The molecule has 0 aromatic heterocycles. The van der Waals surface area contributed by atoms with Crippen LogP contribution in [0.1, 0.15) is 48.0 Å². The summed E-state index contributed by atoms with van der Waals surface area (Å²) in [6, 6.07) is 8.05. The third-order valence-corrected chi connectivity index (χ3v) is 6.66. The molecular weight excluding hydrogens is 380 g/mol. The van der Waals surface area contributed by atoms with Crippen molar-refractivity contribution in [2.45, 2.75) is 50.7 Å². The Hall–Kier alpha value is -1.96. The molecule has 3 aliphatic rings. The van der Waals surface area contributed by atoms with Gasteiger partial charge in [-0.05, 0) is 49.3 Å². The molecule has 2 saturated heterocycles. The van der Waals surface area contributed by atoms with Crippen LogP contribution in [0, 0.1) is 5.92 Å². The number of amides is 2. The van der Waals surface area contributed by atoms with Gasteiger partial charge in [0.25, 0.3) is 5.91 Å². The van der Waals surface area contributed by atoms with Crippen molar-refractivity contribution >= 4 is 11.8 Å². The minimum atomic E-state index is -0.0437. The van der Waals surface area contributed by atoms with Crippen molar-refractivity contribution < 1.29 is 14.3 Å². The van der Waals surface area contributed by atoms with E-state index in [9.17, 15) is 9.59 Å². The predicted octanol–water partition coefficient (Wildman–Crippen LogP) is 1.37. The third kappa shape index (κ3) is 5.39. The van der Waals surface area contributed by atoms with Crippen LogP contribution in [0.5, 0.6) is 0 Å². The molecule has 2 amide bonds. The van der Waals surface area contributed by atoms with Crippen LogP contribution in [0.4, 0.5) is 0 Å². The lowest BCUT2D eigenvalue weighted by Crippen LogP contribution is -2.47. The Morgan fingerprint density at radius 3 is 2.40 bits per heavy atom. The molecule has 1 aliphatic carbocycles. The number of rotatable bonds is 8. The lowest BCUT2D eigenvalue weighted by Gasteiger charge is -2.33. The molecule has 2 heterocycles. The molecule has 0 bridgehead atoms. The van der Waals surface area contributed by atoms with E-state index in [2.05, 4.69) is 10.2 Å². The number of morpholine rings is 1. The van der Waals surface area contributed by atoms with E-state index >= 15 is 0 Å². The SMILES string of the molecule is NCc1ccc(C(=O)NC[C@@H]2CC[C@H](CC(=O)N3CCOCC3)N2CC2CC2)cc1. The maximum Gasteiger partial charge on any atom is 0.251 e. The monoisotopic (exact) mass is 414 g/mol. The first kappa shape index (κ1) is 21.3. The van der Waals surface area contributed by atoms with Crippen LogP contribution >= 0.6 is 0 Å². The van der Waals surface area contributed by atoms with Gasteiger partial charge in [-0.3, -0.25) is 14.5 Å². The summed E-state index contributed by atoms with van der Waals surface area (Å²) >= 11 is 0. The lowest BCUT2D eigenvalue weighted by molar-refractivity contribution is -0.136. The third-order valence-electron chi connectivity index (χ3n) is 6.66. The molecular formula is C23H34N4O3. The van der Waals surface area contributed by atoms with Crippen LogP contribution in [0.2, 0.25) is 0 Å². The fourth-order valence-electron chi connectivity index (χ4n) is 4.60. The molecule has 1 saturated carbocycles. The number of hydrogen-bond acceptors (Lipinski definition) is 5.